The van der Waals surface area contributed by atoms with E-state index in [1.807, 2.05) is 60.7 Å². The van der Waals surface area contributed by atoms with Crippen molar-refractivity contribution in [2.24, 2.45) is 0 Å². The van der Waals surface area contributed by atoms with Crippen LogP contribution in [0, 0.1) is 0 Å². The SMILES string of the molecule is c1ccc2oc(C(Cc3ccncc3)c3nc4ccccc4o3)nc2c1. The van der Waals surface area contributed by atoms with Gasteiger partial charge < -0.3 is 8.83 Å². The van der Waals surface area contributed by atoms with E-state index in [2.05, 4.69) is 15.0 Å². The topological polar surface area (TPSA) is 65.0 Å². The van der Waals surface area contributed by atoms with Crippen LogP contribution in [-0.2, 0) is 6.42 Å². The Morgan fingerprint density at radius 3 is 1.77 bits per heavy atom. The van der Waals surface area contributed by atoms with E-state index in [0.29, 0.717) is 18.2 Å². The van der Waals surface area contributed by atoms with Gasteiger partial charge in [0.15, 0.2) is 11.2 Å². The summed E-state index contributed by atoms with van der Waals surface area (Å²) in [5.41, 5.74) is 4.31. The highest BCUT2D eigenvalue weighted by molar-refractivity contribution is 5.73. The normalized spacial score (nSPS) is 11.6. The van der Waals surface area contributed by atoms with Crippen molar-refractivity contribution < 1.29 is 8.83 Å². The van der Waals surface area contributed by atoms with Gasteiger partial charge in [0.05, 0.1) is 0 Å². The Kier molecular flexibility index (Phi) is 3.49. The summed E-state index contributed by atoms with van der Waals surface area (Å²) in [4.78, 5) is 13.4. The molecule has 5 heteroatoms. The summed E-state index contributed by atoms with van der Waals surface area (Å²) in [6.07, 6.45) is 4.23. The lowest BCUT2D eigenvalue weighted by Gasteiger charge is -2.09. The first-order valence-corrected chi connectivity index (χ1v) is 8.47. The summed E-state index contributed by atoms with van der Waals surface area (Å²) in [6, 6.07) is 19.5. The first kappa shape index (κ1) is 14.8. The van der Waals surface area contributed by atoms with Gasteiger partial charge in [-0.25, -0.2) is 9.97 Å². The number of hydrogen-bond acceptors (Lipinski definition) is 5. The highest BCUT2D eigenvalue weighted by Gasteiger charge is 2.26. The first-order chi connectivity index (χ1) is 12.9. The van der Waals surface area contributed by atoms with E-state index in [1.165, 1.54) is 0 Å². The molecule has 0 aliphatic heterocycles. The molecule has 0 bridgehead atoms. The van der Waals surface area contributed by atoms with Crippen LogP contribution in [0.4, 0.5) is 0 Å². The molecule has 126 valence electrons. The second kappa shape index (κ2) is 6.11. The summed E-state index contributed by atoms with van der Waals surface area (Å²) in [5, 5.41) is 0. The average molecular weight is 341 g/mol. The second-order valence-corrected chi connectivity index (χ2v) is 6.15. The van der Waals surface area contributed by atoms with E-state index in [0.717, 1.165) is 27.8 Å². The predicted octanol–water partition coefficient (Wildman–Crippen LogP) is 4.74. The van der Waals surface area contributed by atoms with Gasteiger partial charge in [0.25, 0.3) is 0 Å². The molecule has 3 aromatic heterocycles. The molecule has 3 heterocycles. The zero-order chi connectivity index (χ0) is 17.3. The Hall–Kier alpha value is -3.47. The number of fused-ring (bicyclic) bond motifs is 2. The number of benzene rings is 2. The molecular weight excluding hydrogens is 326 g/mol. The summed E-state index contributed by atoms with van der Waals surface area (Å²) < 4.78 is 12.1. The minimum atomic E-state index is -0.211. The van der Waals surface area contributed by atoms with Crippen LogP contribution in [0.2, 0.25) is 0 Å². The van der Waals surface area contributed by atoms with Gasteiger partial charge in [-0.2, -0.15) is 0 Å². The number of nitrogens with zero attached hydrogens (tertiary/aromatic N) is 3. The van der Waals surface area contributed by atoms with E-state index in [9.17, 15) is 0 Å². The van der Waals surface area contributed by atoms with Gasteiger partial charge in [0.2, 0.25) is 11.8 Å². The minimum absolute atomic E-state index is 0.211. The Balaban J connectivity index is 1.64. The van der Waals surface area contributed by atoms with E-state index in [4.69, 9.17) is 8.83 Å². The minimum Gasteiger partial charge on any atom is -0.440 e. The molecule has 0 radical (unpaired) electrons. The van der Waals surface area contributed by atoms with Crippen molar-refractivity contribution in [2.75, 3.05) is 0 Å². The molecule has 5 nitrogen and oxygen atoms in total. The first-order valence-electron chi connectivity index (χ1n) is 8.47. The van der Waals surface area contributed by atoms with Gasteiger partial charge in [-0.05, 0) is 48.4 Å². The third-order valence-corrected chi connectivity index (χ3v) is 4.41. The number of oxazole rings is 2. The monoisotopic (exact) mass is 341 g/mol. The molecule has 0 N–H and O–H groups in total. The van der Waals surface area contributed by atoms with Crippen LogP contribution >= 0.6 is 0 Å². The Morgan fingerprint density at radius 1 is 0.692 bits per heavy atom. The highest BCUT2D eigenvalue weighted by atomic mass is 16.4. The largest absolute Gasteiger partial charge is 0.440 e. The van der Waals surface area contributed by atoms with Crippen LogP contribution in [0.5, 0.6) is 0 Å². The van der Waals surface area contributed by atoms with Gasteiger partial charge >= 0.3 is 0 Å². The van der Waals surface area contributed by atoms with Gasteiger partial charge in [-0.1, -0.05) is 24.3 Å². The zero-order valence-corrected chi connectivity index (χ0v) is 13.9. The Labute approximate surface area is 149 Å². The molecule has 0 amide bonds. The molecule has 0 aliphatic rings. The van der Waals surface area contributed by atoms with Crippen LogP contribution in [0.3, 0.4) is 0 Å². The van der Waals surface area contributed by atoms with E-state index < -0.39 is 0 Å². The summed E-state index contributed by atoms with van der Waals surface area (Å²) in [6.45, 7) is 0. The fourth-order valence-electron chi connectivity index (χ4n) is 3.11. The van der Waals surface area contributed by atoms with Crippen LogP contribution < -0.4 is 0 Å². The van der Waals surface area contributed by atoms with Crippen LogP contribution in [-0.4, -0.2) is 15.0 Å². The van der Waals surface area contributed by atoms with E-state index >= 15 is 0 Å². The quantitative estimate of drug-likeness (QED) is 0.472. The molecule has 5 rings (SSSR count). The lowest BCUT2D eigenvalue weighted by Crippen LogP contribution is -2.06. The fraction of sp³-hybridized carbons (Fsp3) is 0.0952. The van der Waals surface area contributed by atoms with Crippen molar-refractivity contribution in [1.82, 2.24) is 15.0 Å². The van der Waals surface area contributed by atoms with Crippen LogP contribution in [0.25, 0.3) is 22.2 Å². The molecule has 0 saturated carbocycles. The summed E-state index contributed by atoms with van der Waals surface area (Å²) >= 11 is 0. The summed E-state index contributed by atoms with van der Waals surface area (Å²) in [7, 11) is 0. The molecule has 0 aliphatic carbocycles. The summed E-state index contributed by atoms with van der Waals surface area (Å²) in [5.74, 6) is 1.00. The molecule has 0 unspecified atom stereocenters. The van der Waals surface area contributed by atoms with Crippen molar-refractivity contribution in [3.63, 3.8) is 0 Å². The van der Waals surface area contributed by atoms with Crippen molar-refractivity contribution in [3.05, 3.63) is 90.4 Å². The number of para-hydroxylation sites is 4. The third kappa shape index (κ3) is 2.63. The molecule has 2 aromatic carbocycles. The van der Waals surface area contributed by atoms with Crippen molar-refractivity contribution in [2.45, 2.75) is 12.3 Å². The van der Waals surface area contributed by atoms with Gasteiger partial charge in [0.1, 0.15) is 17.0 Å². The molecule has 0 fully saturated rings. The lowest BCUT2D eigenvalue weighted by atomic mass is 10.00. The van der Waals surface area contributed by atoms with Gasteiger partial charge in [-0.3, -0.25) is 4.98 Å². The predicted molar refractivity (Wildman–Crippen MR) is 97.8 cm³/mol. The molecule has 0 atom stereocenters. The molecular formula is C21H15N3O2. The van der Waals surface area contributed by atoms with E-state index in [-0.39, 0.29) is 5.92 Å². The highest BCUT2D eigenvalue weighted by Crippen LogP contribution is 2.31. The van der Waals surface area contributed by atoms with Gasteiger partial charge in [-0.15, -0.1) is 0 Å². The fourth-order valence-corrected chi connectivity index (χ4v) is 3.11. The Morgan fingerprint density at radius 2 is 1.23 bits per heavy atom. The zero-order valence-electron chi connectivity index (χ0n) is 13.9. The number of rotatable bonds is 4. The molecule has 26 heavy (non-hydrogen) atoms. The maximum atomic E-state index is 6.03. The maximum Gasteiger partial charge on any atom is 0.208 e. The maximum absolute atomic E-state index is 6.03. The number of pyridine rings is 1. The van der Waals surface area contributed by atoms with Crippen molar-refractivity contribution >= 4 is 22.2 Å². The van der Waals surface area contributed by atoms with Gasteiger partial charge in [0, 0.05) is 12.4 Å². The second-order valence-electron chi connectivity index (χ2n) is 6.15. The van der Waals surface area contributed by atoms with Crippen LogP contribution in [0.15, 0.2) is 81.9 Å². The standard InChI is InChI=1S/C21H15N3O2/c1-3-7-18-16(5-1)23-20(25-18)15(13-14-9-11-22-12-10-14)21-24-17-6-2-4-8-19(17)26-21/h1-12,15H,13H2. The third-order valence-electron chi connectivity index (χ3n) is 4.41. The van der Waals surface area contributed by atoms with E-state index in [1.54, 1.807) is 12.4 Å². The average Bonchev–Trinajstić information content (AvgIpc) is 3.30. The smallest absolute Gasteiger partial charge is 0.208 e. The molecule has 5 aromatic rings. The van der Waals surface area contributed by atoms with Crippen molar-refractivity contribution in [1.29, 1.82) is 0 Å². The lowest BCUT2D eigenvalue weighted by molar-refractivity contribution is 0.429. The molecule has 0 spiro atoms. The van der Waals surface area contributed by atoms with Crippen molar-refractivity contribution in [3.8, 4) is 0 Å². The van der Waals surface area contributed by atoms with Crippen LogP contribution in [0.1, 0.15) is 23.3 Å². The Bertz CT molecular complexity index is 1040. The molecule has 0 saturated heterocycles. The number of aromatic nitrogens is 3. The number of hydrogen-bond donors (Lipinski definition) is 0.